The Balaban J connectivity index is 0.000000120. The maximum atomic E-state index is 12.0. The Morgan fingerprint density at radius 2 is 0.878 bits per heavy atom. The number of carbonyl (C=O) groups is 5. The summed E-state index contributed by atoms with van der Waals surface area (Å²) in [6.45, 7) is 30.7. The van der Waals surface area contributed by atoms with Gasteiger partial charge in [0.1, 0.15) is 30.9 Å². The van der Waals surface area contributed by atoms with Crippen molar-refractivity contribution >= 4 is 85.7 Å². The van der Waals surface area contributed by atoms with Gasteiger partial charge in [0.05, 0.1) is 78.2 Å². The molecule has 15 heterocycles. The van der Waals surface area contributed by atoms with Crippen molar-refractivity contribution in [1.82, 2.24) is 58.9 Å². The van der Waals surface area contributed by atoms with Crippen LogP contribution in [0.2, 0.25) is 51.4 Å². The molecule has 11 aromatic rings. The average Bonchev–Trinajstić information content (AvgIpc) is 1.28. The van der Waals surface area contributed by atoms with E-state index in [4.69, 9.17) is 33.7 Å². The van der Waals surface area contributed by atoms with Gasteiger partial charge in [-0.1, -0.05) is 239 Å². The molecule has 18 fully saturated rings. The minimum atomic E-state index is -1.12. The summed E-state index contributed by atoms with van der Waals surface area (Å²) in [6.07, 6.45) is 24.6. The van der Waals surface area contributed by atoms with E-state index in [1.54, 1.807) is 11.8 Å². The SMILES string of the molecule is CCOC(=O)N1CC2CCC1C/C2=C\c1ccccc1.CCOC(=O)N1CC2CCC1CC2=O.CCOC(=O)N1CC2CCC1CC2Cc1ccccc1.C[Si](C)(C)CCOCn1c(C=O)nc2ccccc21.C[Si](C)(C)CCOCn1c(CN2CC3CCC2C(O)C3Cc2ccccc2)nc2ccccc21.OC1C(Cc2ccccc2)C2CCC1N(Cc1nc3ccccc3[nH]1)C2.c1ccc(CC2CC3CCC2CN3)cc1. The molecular formula is C122H162N12O12Si2. The van der Waals surface area contributed by atoms with Crippen LogP contribution < -0.4 is 5.32 Å². The van der Waals surface area contributed by atoms with Gasteiger partial charge in [0, 0.05) is 111 Å². The van der Waals surface area contributed by atoms with E-state index < -0.39 is 16.1 Å². The lowest BCUT2D eigenvalue weighted by Crippen LogP contribution is -2.60. The van der Waals surface area contributed by atoms with E-state index in [0.29, 0.717) is 105 Å². The number of imidazole rings is 3. The highest BCUT2D eigenvalue weighted by Crippen LogP contribution is 2.47. The molecule has 790 valence electrons. The fourth-order valence-corrected chi connectivity index (χ4v) is 27.0. The molecule has 24 nitrogen and oxygen atoms in total. The number of aliphatic hydroxyl groups is 2. The lowest BCUT2D eigenvalue weighted by molar-refractivity contribution is -0.131. The number of aliphatic hydroxyl groups excluding tert-OH is 2. The van der Waals surface area contributed by atoms with E-state index in [-0.39, 0.29) is 54.5 Å². The van der Waals surface area contributed by atoms with Crippen LogP contribution >= 0.6 is 0 Å². The van der Waals surface area contributed by atoms with Gasteiger partial charge < -0.3 is 63.5 Å². The summed E-state index contributed by atoms with van der Waals surface area (Å²) in [7, 11) is -2.19. The monoisotopic (exact) mass is 2040 g/mol. The van der Waals surface area contributed by atoms with Crippen molar-refractivity contribution in [3.05, 3.63) is 275 Å². The first-order valence-electron chi connectivity index (χ1n) is 55.6. The summed E-state index contributed by atoms with van der Waals surface area (Å²) >= 11 is 0. The quantitative estimate of drug-likeness (QED) is 0.0161. The van der Waals surface area contributed by atoms with Gasteiger partial charge in [-0.2, -0.15) is 0 Å². The van der Waals surface area contributed by atoms with Crippen molar-refractivity contribution in [3.63, 3.8) is 0 Å². The zero-order valence-electron chi connectivity index (χ0n) is 89.0. The number of benzene rings is 8. The molecule has 3 aromatic heterocycles. The Labute approximate surface area is 879 Å². The molecule has 8 aromatic carbocycles. The molecule has 18 atom stereocenters. The predicted molar refractivity (Wildman–Crippen MR) is 593 cm³/mol. The summed E-state index contributed by atoms with van der Waals surface area (Å²) in [5.74, 6) is 8.45. The second-order valence-corrected chi connectivity index (χ2v) is 57.2. The normalized spacial score (nSPS) is 26.2. The molecule has 148 heavy (non-hydrogen) atoms. The first-order chi connectivity index (χ1) is 71.9. The van der Waals surface area contributed by atoms with Gasteiger partial charge in [0.25, 0.3) is 0 Å². The number of ether oxygens (including phenoxy) is 5. The Morgan fingerprint density at radius 3 is 1.34 bits per heavy atom. The molecule has 6 saturated carbocycles. The average molecular weight is 2040 g/mol. The highest BCUT2D eigenvalue weighted by Gasteiger charge is 2.50. The van der Waals surface area contributed by atoms with Crippen LogP contribution in [0.3, 0.4) is 0 Å². The molecule has 12 saturated heterocycles. The molecule has 3 amide bonds. The number of H-pyrrole nitrogens is 1. The zero-order chi connectivity index (χ0) is 103. The number of para-hydroxylation sites is 6. The Morgan fingerprint density at radius 1 is 0.432 bits per heavy atom. The van der Waals surface area contributed by atoms with Gasteiger partial charge in [0.15, 0.2) is 12.1 Å². The molecule has 18 aliphatic rings. The Kier molecular flexibility index (Phi) is 38.0. The number of rotatable bonds is 27. The topological polar surface area (TPSA) is 265 Å². The number of carbonyl (C=O) groups excluding carboxylic acids is 5. The highest BCUT2D eigenvalue weighted by molar-refractivity contribution is 6.76. The highest BCUT2D eigenvalue weighted by atomic mass is 28.3. The van der Waals surface area contributed by atoms with E-state index in [0.717, 1.165) is 204 Å². The number of nitrogens with zero attached hydrogens (tertiary/aromatic N) is 10. The summed E-state index contributed by atoms with van der Waals surface area (Å²) in [5, 5.41) is 26.0. The zero-order valence-corrected chi connectivity index (χ0v) is 91.0. The van der Waals surface area contributed by atoms with Crippen LogP contribution in [0.25, 0.3) is 39.2 Å². The van der Waals surface area contributed by atoms with Crippen LogP contribution in [0.4, 0.5) is 14.4 Å². The van der Waals surface area contributed by atoms with Crippen molar-refractivity contribution in [2.75, 3.05) is 72.3 Å². The fourth-order valence-electron chi connectivity index (χ4n) is 25.5. The summed E-state index contributed by atoms with van der Waals surface area (Å²) in [5.41, 5.74) is 14.4. The summed E-state index contributed by atoms with van der Waals surface area (Å²) in [4.78, 5) is 85.8. The van der Waals surface area contributed by atoms with Crippen molar-refractivity contribution in [3.8, 4) is 0 Å². The standard InChI is InChI=1S/C28H39N3O2Si.C22H25N3O.C17H23NO2.C17H21NO2.C14H20N2O2Si.C14H19N.C10H15NO3/c1-34(2,3)16-15-33-20-31-25-12-8-7-11-24(25)29-27(31)19-30-18-22-13-14-26(30)28(32)23(22)17-21-9-5-4-6-10-21;26-22-17(12-15-6-2-1-3-7-15)16-10-11-20(22)25(13-16)14-21-23-18-8-4-5-9-19(18)24-21;2*1-2-20-17(19)18-12-14-8-9-16(18)11-15(14)10-13-6-4-3-5-7-13;1-19(2,3)9-8-18-11-16-13-7-5-4-6-12(13)15-14(16)10-17;1-2-4-11(5-3-1)8-13-9-14-7-6-12(13)10-15-14;1-2-14-10(13)11-6-7-3-4-8(11)5-9(7)12/h4-12,22-23,26,28,32H,13-20H2,1-3H3;1-9,16-17,20,22,26H,10-14H2,(H,23,24);3-7,14-16H,2,8-12H2,1H3;3-7,10,14,16H,2,8-9,11-12H2,1H3;4-7,10H,8-9,11H2,1-3H3;1-5,12-15H,6-10H2;7-8H,2-6H2,1H3/b;;;15-10+;;;. The van der Waals surface area contributed by atoms with E-state index in [1.165, 1.54) is 97.3 Å². The third-order valence-corrected chi connectivity index (χ3v) is 37.0. The molecule has 26 heteroatoms. The van der Waals surface area contributed by atoms with Gasteiger partial charge in [0.2, 0.25) is 0 Å². The molecule has 6 aliphatic carbocycles. The number of Topliss-reactive ketones (excluding diaryl/α,β-unsaturated/α-hetero) is 1. The van der Waals surface area contributed by atoms with Crippen LogP contribution in [0.1, 0.15) is 174 Å². The number of hydrogen-bond acceptors (Lipinski definition) is 18. The first kappa shape index (κ1) is 108. The number of ketones is 1. The smallest absolute Gasteiger partial charge is 0.410 e. The second-order valence-electron chi connectivity index (χ2n) is 45.9. The lowest BCUT2D eigenvalue weighted by Gasteiger charge is -2.52. The number of fused-ring (bicyclic) bond motifs is 21. The van der Waals surface area contributed by atoms with Gasteiger partial charge in [-0.25, -0.2) is 29.3 Å². The molecule has 4 N–H and O–H groups in total. The third-order valence-electron chi connectivity index (χ3n) is 33.6. The molecule has 12 bridgehead atoms. The largest absolute Gasteiger partial charge is 0.450 e. The maximum Gasteiger partial charge on any atom is 0.410 e. The van der Waals surface area contributed by atoms with Crippen LogP contribution in [-0.2, 0) is 80.7 Å². The van der Waals surface area contributed by atoms with Crippen LogP contribution in [0.15, 0.2) is 230 Å². The van der Waals surface area contributed by atoms with E-state index >= 15 is 0 Å². The van der Waals surface area contributed by atoms with Crippen LogP contribution in [0.5, 0.6) is 0 Å². The molecule has 0 spiro atoms. The Bertz CT molecular complexity index is 6060. The lowest BCUT2D eigenvalue weighted by atomic mass is 9.68. The van der Waals surface area contributed by atoms with Gasteiger partial charge >= 0.3 is 18.3 Å². The first-order valence-corrected chi connectivity index (χ1v) is 63.0. The van der Waals surface area contributed by atoms with Crippen molar-refractivity contribution in [2.24, 2.45) is 59.2 Å². The number of nitrogens with one attached hydrogen (secondary N) is 2. The minimum Gasteiger partial charge on any atom is -0.450 e. The Hall–Kier alpha value is -10.8. The van der Waals surface area contributed by atoms with E-state index in [9.17, 15) is 34.2 Å². The summed E-state index contributed by atoms with van der Waals surface area (Å²) < 4.78 is 31.2. The van der Waals surface area contributed by atoms with Crippen LogP contribution in [-0.4, -0.2) is 231 Å². The predicted octanol–water partition coefficient (Wildman–Crippen LogP) is 22.7. The number of amides is 3. The molecular weight excluding hydrogens is 1880 g/mol. The van der Waals surface area contributed by atoms with E-state index in [2.05, 4.69) is 251 Å². The number of aromatic amines is 1. The second kappa shape index (κ2) is 51.8. The number of hydrogen-bond donors (Lipinski definition) is 4. The maximum absolute atomic E-state index is 12.0. The van der Waals surface area contributed by atoms with Gasteiger partial charge in [-0.15, -0.1) is 0 Å². The molecule has 0 radical (unpaired) electrons. The number of aldehydes is 1. The van der Waals surface area contributed by atoms with Crippen molar-refractivity contribution in [1.29, 1.82) is 0 Å². The number of piperidine rings is 12. The van der Waals surface area contributed by atoms with Crippen molar-refractivity contribution in [2.45, 2.75) is 276 Å². The number of aromatic nitrogens is 6. The minimum absolute atomic E-state index is 0.0735. The van der Waals surface area contributed by atoms with Gasteiger partial charge in [-0.05, 0) is 279 Å². The van der Waals surface area contributed by atoms with Crippen molar-refractivity contribution < 1.29 is 57.9 Å². The van der Waals surface area contributed by atoms with Gasteiger partial charge in [-0.3, -0.25) is 24.0 Å². The fraction of sp³-hybridized carbons (Fsp3) is 0.525. The molecule has 12 aliphatic heterocycles. The molecule has 29 rings (SSSR count). The molecule has 18 unspecified atom stereocenters. The van der Waals surface area contributed by atoms with E-state index in [1.807, 2.05) is 76.7 Å². The third kappa shape index (κ3) is 28.5. The van der Waals surface area contributed by atoms with Crippen LogP contribution in [0, 0.1) is 59.2 Å². The summed E-state index contributed by atoms with van der Waals surface area (Å²) in [6, 6.07) is 82.0.